The van der Waals surface area contributed by atoms with Crippen LogP contribution >= 0.6 is 0 Å². The Morgan fingerprint density at radius 3 is 2.68 bits per heavy atom. The highest BCUT2D eigenvalue weighted by molar-refractivity contribution is 5.47. The average Bonchev–Trinajstić information content (AvgIpc) is 3.22. The van der Waals surface area contributed by atoms with Crippen LogP contribution in [0.2, 0.25) is 0 Å². The van der Waals surface area contributed by atoms with Gasteiger partial charge in [-0.05, 0) is 31.7 Å². The molecular formula is C22H29N3O3. The highest BCUT2D eigenvalue weighted by Crippen LogP contribution is 2.46. The number of fused-ring (bicyclic) bond motifs is 2. The molecule has 0 saturated carbocycles. The van der Waals surface area contributed by atoms with Crippen molar-refractivity contribution in [1.82, 2.24) is 14.5 Å². The van der Waals surface area contributed by atoms with E-state index in [1.165, 1.54) is 0 Å². The minimum Gasteiger partial charge on any atom is -0.493 e. The number of nitrogens with zero attached hydrogens (tertiary/aromatic N) is 3. The molecule has 1 unspecified atom stereocenters. The summed E-state index contributed by atoms with van der Waals surface area (Å²) in [5.74, 6) is 2.31. The second-order valence-electron chi connectivity index (χ2n) is 7.91. The average molecular weight is 383 g/mol. The molecule has 1 aromatic carbocycles. The van der Waals surface area contributed by atoms with Gasteiger partial charge in [0.05, 0.1) is 7.11 Å². The first-order valence-corrected chi connectivity index (χ1v) is 9.91. The van der Waals surface area contributed by atoms with Crippen molar-refractivity contribution in [1.29, 1.82) is 0 Å². The van der Waals surface area contributed by atoms with Crippen molar-refractivity contribution in [2.24, 2.45) is 7.05 Å². The van der Waals surface area contributed by atoms with Crippen LogP contribution in [0.15, 0.2) is 43.2 Å². The van der Waals surface area contributed by atoms with Gasteiger partial charge in [-0.25, -0.2) is 4.98 Å². The summed E-state index contributed by atoms with van der Waals surface area (Å²) in [5, 5.41) is 11.4. The number of aromatic nitrogens is 2. The number of hydrogen-bond acceptors (Lipinski definition) is 5. The largest absolute Gasteiger partial charge is 0.493 e. The smallest absolute Gasteiger partial charge is 0.166 e. The van der Waals surface area contributed by atoms with Gasteiger partial charge in [-0.1, -0.05) is 24.8 Å². The van der Waals surface area contributed by atoms with Gasteiger partial charge in [0.2, 0.25) is 0 Å². The summed E-state index contributed by atoms with van der Waals surface area (Å²) in [6.07, 6.45) is 9.03. The van der Waals surface area contributed by atoms with Gasteiger partial charge in [-0.3, -0.25) is 4.90 Å². The summed E-state index contributed by atoms with van der Waals surface area (Å²) >= 11 is 0. The first-order valence-electron chi connectivity index (χ1n) is 9.91. The maximum atomic E-state index is 11.4. The first kappa shape index (κ1) is 19.0. The standard InChI is InChI=1S/C22H29N3O3/c1-4-12-28-20-16(6-5-7-19(20)27-3)15-25-17-8-9-18(25)14-22(26,13-17)21-23-10-11-24(21)2/h4-7,10-11,17-18,26H,1,8-9,12-15H2,2-3H3/t17-,18+,22?. The molecule has 6 heteroatoms. The van der Waals surface area contributed by atoms with Crippen LogP contribution in [0.5, 0.6) is 11.5 Å². The summed E-state index contributed by atoms with van der Waals surface area (Å²) in [5.41, 5.74) is 0.262. The number of hydrogen-bond donors (Lipinski definition) is 1. The first-order chi connectivity index (χ1) is 13.6. The number of imidazole rings is 1. The van der Waals surface area contributed by atoms with Crippen molar-refractivity contribution in [2.75, 3.05) is 13.7 Å². The molecule has 1 N–H and O–H groups in total. The lowest BCUT2D eigenvalue weighted by Crippen LogP contribution is -2.50. The summed E-state index contributed by atoms with van der Waals surface area (Å²) in [6.45, 7) is 4.98. The molecule has 3 atom stereocenters. The summed E-state index contributed by atoms with van der Waals surface area (Å²) < 4.78 is 13.4. The van der Waals surface area contributed by atoms with Gasteiger partial charge in [0, 0.05) is 43.6 Å². The zero-order valence-electron chi connectivity index (χ0n) is 16.7. The van der Waals surface area contributed by atoms with E-state index in [4.69, 9.17) is 9.47 Å². The molecule has 28 heavy (non-hydrogen) atoms. The summed E-state index contributed by atoms with van der Waals surface area (Å²) in [4.78, 5) is 6.96. The van der Waals surface area contributed by atoms with Gasteiger partial charge in [-0.2, -0.15) is 0 Å². The highest BCUT2D eigenvalue weighted by Gasteiger charge is 2.49. The van der Waals surface area contributed by atoms with Crippen LogP contribution in [0.3, 0.4) is 0 Å². The Bertz CT molecular complexity index is 833. The zero-order chi connectivity index (χ0) is 19.7. The molecule has 0 spiro atoms. The van der Waals surface area contributed by atoms with Gasteiger partial charge in [0.25, 0.3) is 0 Å². The second-order valence-corrected chi connectivity index (χ2v) is 7.91. The van der Waals surface area contributed by atoms with Gasteiger partial charge < -0.3 is 19.1 Å². The molecule has 0 amide bonds. The Morgan fingerprint density at radius 2 is 2.07 bits per heavy atom. The van der Waals surface area contributed by atoms with Crippen molar-refractivity contribution in [3.63, 3.8) is 0 Å². The van der Waals surface area contributed by atoms with Crippen LogP contribution in [-0.4, -0.2) is 45.4 Å². The van der Waals surface area contributed by atoms with Crippen molar-refractivity contribution in [2.45, 2.75) is 49.9 Å². The molecule has 2 aromatic rings. The highest BCUT2D eigenvalue weighted by atomic mass is 16.5. The molecule has 2 aliphatic heterocycles. The van der Waals surface area contributed by atoms with Crippen molar-refractivity contribution < 1.29 is 14.6 Å². The van der Waals surface area contributed by atoms with Gasteiger partial charge in [0.1, 0.15) is 18.0 Å². The molecule has 2 fully saturated rings. The number of aryl methyl sites for hydroxylation is 1. The summed E-state index contributed by atoms with van der Waals surface area (Å²) in [7, 11) is 3.62. The van der Waals surface area contributed by atoms with Crippen LogP contribution < -0.4 is 9.47 Å². The maximum absolute atomic E-state index is 11.4. The normalized spacial score (nSPS) is 27.0. The number of para-hydroxylation sites is 1. The SMILES string of the molecule is C=CCOc1c(CN2[C@@H]3CC[C@H]2CC(O)(c2nccn2C)C3)cccc1OC. The fourth-order valence-electron chi connectivity index (χ4n) is 4.92. The predicted molar refractivity (Wildman–Crippen MR) is 107 cm³/mol. The van der Waals surface area contributed by atoms with E-state index in [9.17, 15) is 5.11 Å². The van der Waals surface area contributed by atoms with E-state index in [1.807, 2.05) is 29.9 Å². The van der Waals surface area contributed by atoms with E-state index in [0.717, 1.165) is 42.3 Å². The van der Waals surface area contributed by atoms with Crippen LogP contribution in [0.25, 0.3) is 0 Å². The predicted octanol–water partition coefficient (Wildman–Crippen LogP) is 3.01. The number of piperidine rings is 1. The molecule has 2 saturated heterocycles. The van der Waals surface area contributed by atoms with Gasteiger partial charge in [0.15, 0.2) is 11.5 Å². The third-order valence-corrected chi connectivity index (χ3v) is 6.13. The van der Waals surface area contributed by atoms with E-state index in [0.29, 0.717) is 31.5 Å². The molecule has 3 heterocycles. The quantitative estimate of drug-likeness (QED) is 0.745. The van der Waals surface area contributed by atoms with Crippen LogP contribution in [0.1, 0.15) is 37.1 Å². The van der Waals surface area contributed by atoms with Crippen molar-refractivity contribution in [3.05, 3.63) is 54.6 Å². The van der Waals surface area contributed by atoms with Crippen LogP contribution in [0, 0.1) is 0 Å². The minimum absolute atomic E-state index is 0.332. The van der Waals surface area contributed by atoms with Crippen molar-refractivity contribution >= 4 is 0 Å². The third kappa shape index (κ3) is 3.31. The molecule has 0 aliphatic carbocycles. The topological polar surface area (TPSA) is 59.8 Å². The number of aliphatic hydroxyl groups is 1. The van der Waals surface area contributed by atoms with E-state index < -0.39 is 5.60 Å². The van der Waals surface area contributed by atoms with E-state index in [2.05, 4.69) is 22.5 Å². The Labute approximate surface area is 166 Å². The number of ether oxygens (including phenoxy) is 2. The van der Waals surface area contributed by atoms with Crippen LogP contribution in [0.4, 0.5) is 0 Å². The molecule has 150 valence electrons. The van der Waals surface area contributed by atoms with Crippen LogP contribution in [-0.2, 0) is 19.2 Å². The third-order valence-electron chi connectivity index (χ3n) is 6.13. The van der Waals surface area contributed by atoms with Crippen molar-refractivity contribution in [3.8, 4) is 11.5 Å². The molecule has 2 aliphatic rings. The Balaban J connectivity index is 1.57. The molecule has 2 bridgehead atoms. The molecule has 4 rings (SSSR count). The fraction of sp³-hybridized carbons (Fsp3) is 0.500. The maximum Gasteiger partial charge on any atom is 0.166 e. The molecule has 1 aromatic heterocycles. The lowest BCUT2D eigenvalue weighted by molar-refractivity contribution is -0.0670. The lowest BCUT2D eigenvalue weighted by Gasteiger charge is -2.43. The monoisotopic (exact) mass is 383 g/mol. The Kier molecular flexibility index (Phi) is 5.17. The van der Waals surface area contributed by atoms with Gasteiger partial charge in [-0.15, -0.1) is 0 Å². The summed E-state index contributed by atoms with van der Waals surface area (Å²) in [6, 6.07) is 6.69. The molecule has 0 radical (unpaired) electrons. The molecule has 6 nitrogen and oxygen atoms in total. The Hall–Kier alpha value is -2.31. The fourth-order valence-corrected chi connectivity index (χ4v) is 4.92. The zero-order valence-corrected chi connectivity index (χ0v) is 16.7. The van der Waals surface area contributed by atoms with E-state index in [1.54, 1.807) is 19.4 Å². The second kappa shape index (κ2) is 7.60. The molecular weight excluding hydrogens is 354 g/mol. The number of rotatable bonds is 7. The number of benzene rings is 1. The lowest BCUT2D eigenvalue weighted by atomic mass is 9.85. The van der Waals surface area contributed by atoms with Gasteiger partial charge >= 0.3 is 0 Å². The Morgan fingerprint density at radius 1 is 1.32 bits per heavy atom. The number of methoxy groups -OCH3 is 1. The van der Waals surface area contributed by atoms with E-state index >= 15 is 0 Å². The minimum atomic E-state index is -0.850. The van der Waals surface area contributed by atoms with E-state index in [-0.39, 0.29) is 0 Å².